The van der Waals surface area contributed by atoms with E-state index in [9.17, 15) is 13.6 Å². The number of nitrogens with zero attached hydrogens (tertiary/aromatic N) is 4. The molecule has 0 amide bonds. The van der Waals surface area contributed by atoms with Crippen LogP contribution in [0.5, 0.6) is 11.5 Å². The molecule has 3 aromatic rings. The number of piperazine rings is 1. The summed E-state index contributed by atoms with van der Waals surface area (Å²) in [5.41, 5.74) is 11.2. The summed E-state index contributed by atoms with van der Waals surface area (Å²) in [7, 11) is 0. The zero-order valence-electron chi connectivity index (χ0n) is 23.8. The second-order valence-electron chi connectivity index (χ2n) is 11.2. The van der Waals surface area contributed by atoms with Crippen LogP contribution >= 0.6 is 0 Å². The number of halogens is 2. The number of rotatable bonds is 11. The summed E-state index contributed by atoms with van der Waals surface area (Å²) < 4.78 is 41.0. The number of benzene rings is 2. The van der Waals surface area contributed by atoms with E-state index in [2.05, 4.69) is 24.5 Å². The monoisotopic (exact) mass is 595 g/mol. The minimum absolute atomic E-state index is 0.0678. The Bertz CT molecular complexity index is 1440. The molecule has 2 aromatic carbocycles. The van der Waals surface area contributed by atoms with Gasteiger partial charge in [-0.3, -0.25) is 9.69 Å². The summed E-state index contributed by atoms with van der Waals surface area (Å²) in [6, 6.07) is 12.4. The third-order valence-electron chi connectivity index (χ3n) is 8.41. The maximum absolute atomic E-state index is 12.4. The highest BCUT2D eigenvalue weighted by molar-refractivity contribution is 5.76. The molecule has 2 fully saturated rings. The van der Waals surface area contributed by atoms with Gasteiger partial charge in [0.15, 0.2) is 0 Å². The summed E-state index contributed by atoms with van der Waals surface area (Å²) in [6.07, 6.45) is 2.90. The fourth-order valence-electron chi connectivity index (χ4n) is 5.93. The highest BCUT2D eigenvalue weighted by Crippen LogP contribution is 2.39. The van der Waals surface area contributed by atoms with Crippen molar-refractivity contribution in [1.82, 2.24) is 14.9 Å². The van der Waals surface area contributed by atoms with Crippen LogP contribution in [0.3, 0.4) is 0 Å². The highest BCUT2D eigenvalue weighted by atomic mass is 19.3. The molecule has 43 heavy (non-hydrogen) atoms. The first-order valence-electron chi connectivity index (χ1n) is 14.6. The number of carboxylic acid groups (broad SMARTS) is 1. The zero-order chi connectivity index (χ0) is 29.9. The van der Waals surface area contributed by atoms with Crippen molar-refractivity contribution in [1.29, 1.82) is 0 Å². The van der Waals surface area contributed by atoms with E-state index in [-0.39, 0.29) is 23.7 Å². The molecule has 1 saturated heterocycles. The third-order valence-corrected chi connectivity index (χ3v) is 8.41. The Morgan fingerprint density at radius 1 is 1.02 bits per heavy atom. The van der Waals surface area contributed by atoms with Gasteiger partial charge in [-0.15, -0.1) is 0 Å². The summed E-state index contributed by atoms with van der Waals surface area (Å²) in [4.78, 5) is 24.9. The van der Waals surface area contributed by atoms with Crippen molar-refractivity contribution in [2.45, 2.75) is 45.0 Å². The molecule has 3 N–H and O–H groups in total. The molecule has 0 radical (unpaired) electrons. The number of carboxylic acids is 1. The average molecular weight is 596 g/mol. The SMILES string of the molecule is Nc1nc2c(c(N3CCN(CCO[C@H]4C[C@@H](C(=O)O)C4)CC3)n1)CCc1cc(OCc3ccc(OC(F)F)cc3)ccc1-2. The number of hydrogen-bond donors (Lipinski definition) is 2. The van der Waals surface area contributed by atoms with Crippen molar-refractivity contribution in [3.63, 3.8) is 0 Å². The lowest BCUT2D eigenvalue weighted by Gasteiger charge is -2.38. The van der Waals surface area contributed by atoms with E-state index in [0.717, 1.165) is 85.1 Å². The predicted octanol–water partition coefficient (Wildman–Crippen LogP) is 4.01. The van der Waals surface area contributed by atoms with Gasteiger partial charge in [-0.25, -0.2) is 4.98 Å². The number of alkyl halides is 2. The molecule has 0 bridgehead atoms. The van der Waals surface area contributed by atoms with Gasteiger partial charge in [-0.2, -0.15) is 13.8 Å². The Balaban J connectivity index is 1.05. The molecule has 228 valence electrons. The lowest BCUT2D eigenvalue weighted by atomic mass is 9.82. The average Bonchev–Trinajstić information content (AvgIpc) is 2.97. The molecule has 0 atom stereocenters. The molecule has 6 rings (SSSR count). The third kappa shape index (κ3) is 6.80. The van der Waals surface area contributed by atoms with Crippen LogP contribution in [0.15, 0.2) is 42.5 Å². The first-order chi connectivity index (χ1) is 20.8. The van der Waals surface area contributed by atoms with Crippen molar-refractivity contribution < 1.29 is 32.9 Å². The van der Waals surface area contributed by atoms with Crippen LogP contribution in [-0.4, -0.2) is 78.0 Å². The van der Waals surface area contributed by atoms with Gasteiger partial charge in [0.25, 0.3) is 0 Å². The molecule has 1 aromatic heterocycles. The maximum Gasteiger partial charge on any atom is 0.387 e. The van der Waals surface area contributed by atoms with E-state index in [1.54, 1.807) is 12.1 Å². The van der Waals surface area contributed by atoms with Crippen molar-refractivity contribution in [3.8, 4) is 22.8 Å². The van der Waals surface area contributed by atoms with Gasteiger partial charge >= 0.3 is 12.6 Å². The topological polar surface area (TPSA) is 123 Å². The van der Waals surface area contributed by atoms with Crippen LogP contribution in [0.1, 0.15) is 29.5 Å². The predicted molar refractivity (Wildman–Crippen MR) is 155 cm³/mol. The number of nitrogens with two attached hydrogens (primary N) is 1. The van der Waals surface area contributed by atoms with Crippen LogP contribution in [-0.2, 0) is 29.0 Å². The standard InChI is InChI=1S/C31H35F2N5O5/c32-30(33)43-22-4-1-19(2-5-22)18-42-23-6-8-25-20(15-23)3-7-26-27(25)35-31(34)36-28(26)38-11-9-37(10-12-38)13-14-41-24-16-21(17-24)29(39)40/h1-2,4-6,8,15,21,24,30H,3,7,9-14,16-18H2,(H,39,40)(H2,34,35,36)/t21-,24+. The van der Waals surface area contributed by atoms with Gasteiger partial charge in [0.2, 0.25) is 5.95 Å². The molecule has 12 heteroatoms. The largest absolute Gasteiger partial charge is 0.489 e. The van der Waals surface area contributed by atoms with Gasteiger partial charge in [0.05, 0.1) is 24.3 Å². The number of aliphatic carboxylic acids is 1. The quantitative estimate of drug-likeness (QED) is 0.336. The molecule has 3 aliphatic rings. The van der Waals surface area contributed by atoms with Crippen LogP contribution < -0.4 is 20.1 Å². The lowest BCUT2D eigenvalue weighted by molar-refractivity contribution is -0.151. The fourth-order valence-corrected chi connectivity index (χ4v) is 5.93. The molecular formula is C31H35F2N5O5. The molecule has 10 nitrogen and oxygen atoms in total. The summed E-state index contributed by atoms with van der Waals surface area (Å²) >= 11 is 0. The maximum atomic E-state index is 12.4. The number of hydrogen-bond acceptors (Lipinski definition) is 9. The number of ether oxygens (including phenoxy) is 3. The zero-order valence-corrected chi connectivity index (χ0v) is 23.8. The molecular weight excluding hydrogens is 560 g/mol. The second kappa shape index (κ2) is 12.7. The summed E-state index contributed by atoms with van der Waals surface area (Å²) in [6.45, 7) is 2.28. The fraction of sp³-hybridized carbons (Fsp3) is 0.452. The van der Waals surface area contributed by atoms with Gasteiger partial charge in [-0.1, -0.05) is 12.1 Å². The molecule has 0 unspecified atom stereocenters. The van der Waals surface area contributed by atoms with Gasteiger partial charge < -0.3 is 30.0 Å². The minimum Gasteiger partial charge on any atom is -0.489 e. The Morgan fingerprint density at radius 2 is 1.77 bits per heavy atom. The number of nitrogen functional groups attached to an aromatic ring is 1. The normalized spacial score (nSPS) is 19.8. The van der Waals surface area contributed by atoms with E-state index in [0.29, 0.717) is 26.1 Å². The Hall–Kier alpha value is -4.03. The number of anilines is 2. The van der Waals surface area contributed by atoms with E-state index >= 15 is 0 Å². The molecule has 1 aliphatic heterocycles. The van der Waals surface area contributed by atoms with E-state index in [4.69, 9.17) is 20.3 Å². The van der Waals surface area contributed by atoms with Crippen molar-refractivity contribution >= 4 is 17.7 Å². The first-order valence-corrected chi connectivity index (χ1v) is 14.6. The van der Waals surface area contributed by atoms with Crippen molar-refractivity contribution in [3.05, 3.63) is 59.2 Å². The van der Waals surface area contributed by atoms with E-state index in [1.807, 2.05) is 18.2 Å². The van der Waals surface area contributed by atoms with E-state index in [1.165, 1.54) is 12.1 Å². The molecule has 1 saturated carbocycles. The van der Waals surface area contributed by atoms with Crippen LogP contribution in [0.2, 0.25) is 0 Å². The smallest absolute Gasteiger partial charge is 0.387 e. The minimum atomic E-state index is -2.85. The number of aryl methyl sites for hydroxylation is 1. The number of aromatic nitrogens is 2. The number of carbonyl (C=O) groups is 1. The van der Waals surface area contributed by atoms with E-state index < -0.39 is 12.6 Å². The number of fused-ring (bicyclic) bond motifs is 3. The lowest BCUT2D eigenvalue weighted by Crippen LogP contribution is -2.48. The Kier molecular flexibility index (Phi) is 8.57. The first kappa shape index (κ1) is 29.1. The van der Waals surface area contributed by atoms with Crippen LogP contribution in [0.4, 0.5) is 20.5 Å². The van der Waals surface area contributed by atoms with Gasteiger partial charge in [0.1, 0.15) is 23.9 Å². The molecule has 2 heterocycles. The van der Waals surface area contributed by atoms with Crippen LogP contribution in [0.25, 0.3) is 11.3 Å². The molecule has 0 spiro atoms. The summed E-state index contributed by atoms with van der Waals surface area (Å²) in [5.74, 6) is 0.999. The second-order valence-corrected chi connectivity index (χ2v) is 11.2. The van der Waals surface area contributed by atoms with Crippen molar-refractivity contribution in [2.24, 2.45) is 5.92 Å². The highest BCUT2D eigenvalue weighted by Gasteiger charge is 2.35. The van der Waals surface area contributed by atoms with Gasteiger partial charge in [-0.05, 0) is 67.1 Å². The van der Waals surface area contributed by atoms with Crippen molar-refractivity contribution in [2.75, 3.05) is 50.0 Å². The summed E-state index contributed by atoms with van der Waals surface area (Å²) in [5, 5.41) is 9.02. The van der Waals surface area contributed by atoms with Crippen LogP contribution in [0, 0.1) is 5.92 Å². The Morgan fingerprint density at radius 3 is 2.49 bits per heavy atom. The molecule has 2 aliphatic carbocycles. The Labute approximate surface area is 248 Å². The van der Waals surface area contributed by atoms with Gasteiger partial charge in [0, 0.05) is 43.9 Å².